The lowest BCUT2D eigenvalue weighted by Gasteiger charge is -2.21. The number of nitrogens with zero attached hydrogens (tertiary/aromatic N) is 1. The summed E-state index contributed by atoms with van der Waals surface area (Å²) in [7, 11) is 1.93. The second-order valence-electron chi connectivity index (χ2n) is 5.38. The minimum absolute atomic E-state index is 0.0542. The zero-order chi connectivity index (χ0) is 14.4. The monoisotopic (exact) mass is 263 g/mol. The smallest absolute Gasteiger partial charge is 0.239 e. The molecule has 106 valence electrons. The van der Waals surface area contributed by atoms with Crippen molar-refractivity contribution < 1.29 is 4.79 Å². The maximum Gasteiger partial charge on any atom is 0.239 e. The number of anilines is 1. The van der Waals surface area contributed by atoms with Gasteiger partial charge in [-0.05, 0) is 30.0 Å². The molecular weight excluding hydrogens is 238 g/mol. The van der Waals surface area contributed by atoms with Crippen molar-refractivity contribution in [3.8, 4) is 0 Å². The van der Waals surface area contributed by atoms with E-state index in [4.69, 9.17) is 5.73 Å². The van der Waals surface area contributed by atoms with Crippen LogP contribution in [0.1, 0.15) is 25.0 Å². The molecule has 0 aliphatic rings. The molecule has 0 unspecified atom stereocenters. The number of rotatable bonds is 6. The molecule has 0 saturated carbocycles. The number of benzene rings is 1. The van der Waals surface area contributed by atoms with Crippen LogP contribution in [0.4, 0.5) is 5.69 Å². The van der Waals surface area contributed by atoms with Crippen molar-refractivity contribution in [2.24, 2.45) is 11.7 Å². The van der Waals surface area contributed by atoms with E-state index in [2.05, 4.69) is 25.2 Å². The van der Waals surface area contributed by atoms with Crippen LogP contribution in [0.25, 0.3) is 0 Å². The average molecular weight is 263 g/mol. The molecular formula is C15H25N3O. The van der Waals surface area contributed by atoms with E-state index >= 15 is 0 Å². The van der Waals surface area contributed by atoms with E-state index in [1.165, 1.54) is 0 Å². The molecule has 0 aromatic heterocycles. The number of carbonyl (C=O) groups excluding carboxylic acids is 1. The Hall–Kier alpha value is -1.55. The molecule has 4 heteroatoms. The van der Waals surface area contributed by atoms with Gasteiger partial charge >= 0.3 is 0 Å². The van der Waals surface area contributed by atoms with Crippen LogP contribution in [-0.2, 0) is 11.3 Å². The summed E-state index contributed by atoms with van der Waals surface area (Å²) in [6, 6.07) is 6.09. The zero-order valence-electron chi connectivity index (χ0n) is 12.4. The Morgan fingerprint density at radius 1 is 1.42 bits per heavy atom. The van der Waals surface area contributed by atoms with Crippen molar-refractivity contribution in [3.63, 3.8) is 0 Å². The predicted octanol–water partition coefficient (Wildman–Crippen LogP) is 1.66. The molecule has 0 radical (unpaired) electrons. The normalized spacial score (nSPS) is 10.6. The van der Waals surface area contributed by atoms with Crippen molar-refractivity contribution in [2.75, 3.05) is 25.0 Å². The van der Waals surface area contributed by atoms with Crippen LogP contribution >= 0.6 is 0 Å². The number of amides is 1. The number of hydrogen-bond donors (Lipinski definition) is 2. The molecule has 1 rings (SSSR count). The Bertz CT molecular complexity index is 429. The number of hydrogen-bond acceptors (Lipinski definition) is 3. The predicted molar refractivity (Wildman–Crippen MR) is 80.2 cm³/mol. The topological polar surface area (TPSA) is 58.4 Å². The van der Waals surface area contributed by atoms with Crippen molar-refractivity contribution in [2.45, 2.75) is 27.3 Å². The van der Waals surface area contributed by atoms with E-state index in [9.17, 15) is 4.79 Å². The molecule has 0 atom stereocenters. The molecule has 1 amide bonds. The van der Waals surface area contributed by atoms with Gasteiger partial charge in [-0.1, -0.05) is 26.0 Å². The lowest BCUT2D eigenvalue weighted by atomic mass is 10.1. The minimum Gasteiger partial charge on any atom is -0.365 e. The Morgan fingerprint density at radius 3 is 2.63 bits per heavy atom. The van der Waals surface area contributed by atoms with E-state index in [0.29, 0.717) is 19.0 Å². The maximum absolute atomic E-state index is 11.8. The molecule has 0 aliphatic heterocycles. The van der Waals surface area contributed by atoms with E-state index < -0.39 is 0 Å². The van der Waals surface area contributed by atoms with Crippen LogP contribution in [0.3, 0.4) is 0 Å². The van der Waals surface area contributed by atoms with Gasteiger partial charge in [-0.3, -0.25) is 4.79 Å². The summed E-state index contributed by atoms with van der Waals surface area (Å²) in [6.07, 6.45) is 0. The zero-order valence-corrected chi connectivity index (χ0v) is 12.4. The fourth-order valence-electron chi connectivity index (χ4n) is 1.95. The van der Waals surface area contributed by atoms with E-state index in [1.807, 2.05) is 31.0 Å². The molecule has 1 aromatic carbocycles. The Labute approximate surface area is 116 Å². The minimum atomic E-state index is 0.0542. The van der Waals surface area contributed by atoms with Crippen LogP contribution in [0.5, 0.6) is 0 Å². The van der Waals surface area contributed by atoms with Crippen LogP contribution in [0.2, 0.25) is 0 Å². The Morgan fingerprint density at radius 2 is 2.11 bits per heavy atom. The van der Waals surface area contributed by atoms with Crippen LogP contribution in [0, 0.1) is 12.8 Å². The SMILES string of the molecule is Cc1cc(CN)ccc1N(C)CC(=O)NCC(C)C. The standard InChI is InChI=1S/C15H25N3O/c1-11(2)9-17-15(19)10-18(4)14-6-5-13(8-16)7-12(14)3/h5-7,11H,8-10,16H2,1-4H3,(H,17,19). The van der Waals surface area contributed by atoms with Gasteiger partial charge in [0, 0.05) is 25.8 Å². The largest absolute Gasteiger partial charge is 0.365 e. The summed E-state index contributed by atoms with van der Waals surface area (Å²) >= 11 is 0. The molecule has 0 saturated heterocycles. The van der Waals surface area contributed by atoms with Crippen LogP contribution in [-0.4, -0.2) is 26.0 Å². The Kier molecular flexibility index (Phi) is 5.83. The number of nitrogens with one attached hydrogen (secondary N) is 1. The third kappa shape index (κ3) is 4.91. The van der Waals surface area contributed by atoms with Gasteiger partial charge in [-0.25, -0.2) is 0 Å². The average Bonchev–Trinajstić information content (AvgIpc) is 2.35. The molecule has 0 bridgehead atoms. The maximum atomic E-state index is 11.8. The van der Waals surface area contributed by atoms with Gasteiger partial charge in [0.05, 0.1) is 6.54 Å². The van der Waals surface area contributed by atoms with Crippen molar-refractivity contribution >= 4 is 11.6 Å². The number of carbonyl (C=O) groups is 1. The summed E-state index contributed by atoms with van der Waals surface area (Å²) in [6.45, 7) is 7.84. The molecule has 19 heavy (non-hydrogen) atoms. The Balaban J connectivity index is 2.62. The lowest BCUT2D eigenvalue weighted by Crippen LogP contribution is -2.37. The molecule has 0 spiro atoms. The van der Waals surface area contributed by atoms with Crippen molar-refractivity contribution in [1.82, 2.24) is 5.32 Å². The quantitative estimate of drug-likeness (QED) is 0.820. The van der Waals surface area contributed by atoms with Gasteiger partial charge < -0.3 is 16.0 Å². The summed E-state index contributed by atoms with van der Waals surface area (Å²) in [5, 5.41) is 2.92. The van der Waals surface area contributed by atoms with E-state index in [1.54, 1.807) is 0 Å². The highest BCUT2D eigenvalue weighted by Gasteiger charge is 2.10. The first-order chi connectivity index (χ1) is 8.93. The third-order valence-electron chi connectivity index (χ3n) is 3.00. The van der Waals surface area contributed by atoms with Gasteiger partial charge in [-0.2, -0.15) is 0 Å². The molecule has 0 fully saturated rings. The molecule has 0 heterocycles. The van der Waals surface area contributed by atoms with Crippen LogP contribution < -0.4 is 16.0 Å². The highest BCUT2D eigenvalue weighted by Crippen LogP contribution is 2.19. The molecule has 3 N–H and O–H groups in total. The van der Waals surface area contributed by atoms with Gasteiger partial charge in [-0.15, -0.1) is 0 Å². The molecule has 1 aromatic rings. The van der Waals surface area contributed by atoms with Crippen molar-refractivity contribution in [3.05, 3.63) is 29.3 Å². The van der Waals surface area contributed by atoms with E-state index in [0.717, 1.165) is 23.4 Å². The second-order valence-corrected chi connectivity index (χ2v) is 5.38. The summed E-state index contributed by atoms with van der Waals surface area (Å²) in [4.78, 5) is 13.8. The highest BCUT2D eigenvalue weighted by molar-refractivity contribution is 5.81. The summed E-state index contributed by atoms with van der Waals surface area (Å²) in [5.74, 6) is 0.526. The molecule has 0 aliphatic carbocycles. The van der Waals surface area contributed by atoms with Crippen molar-refractivity contribution in [1.29, 1.82) is 0 Å². The summed E-state index contributed by atoms with van der Waals surface area (Å²) < 4.78 is 0. The molecule has 4 nitrogen and oxygen atoms in total. The van der Waals surface area contributed by atoms with Crippen LogP contribution in [0.15, 0.2) is 18.2 Å². The number of likely N-dealkylation sites (N-methyl/N-ethyl adjacent to an activating group) is 1. The fraction of sp³-hybridized carbons (Fsp3) is 0.533. The van der Waals surface area contributed by atoms with E-state index in [-0.39, 0.29) is 5.91 Å². The highest BCUT2D eigenvalue weighted by atomic mass is 16.2. The van der Waals surface area contributed by atoms with Gasteiger partial charge in [0.2, 0.25) is 5.91 Å². The third-order valence-corrected chi connectivity index (χ3v) is 3.00. The summed E-state index contributed by atoms with van der Waals surface area (Å²) in [5.41, 5.74) is 8.93. The first kappa shape index (κ1) is 15.5. The number of aryl methyl sites for hydroxylation is 1. The first-order valence-corrected chi connectivity index (χ1v) is 6.71. The fourth-order valence-corrected chi connectivity index (χ4v) is 1.95. The van der Waals surface area contributed by atoms with Gasteiger partial charge in [0.1, 0.15) is 0 Å². The first-order valence-electron chi connectivity index (χ1n) is 6.71. The second kappa shape index (κ2) is 7.14. The number of nitrogens with two attached hydrogens (primary N) is 1. The lowest BCUT2D eigenvalue weighted by molar-refractivity contribution is -0.119. The van der Waals surface area contributed by atoms with Gasteiger partial charge in [0.15, 0.2) is 0 Å². The van der Waals surface area contributed by atoms with Gasteiger partial charge in [0.25, 0.3) is 0 Å².